The van der Waals surface area contributed by atoms with E-state index in [2.05, 4.69) is 20.4 Å². The third-order valence-electron chi connectivity index (χ3n) is 6.50. The number of urea groups is 1. The topological polar surface area (TPSA) is 104 Å². The minimum Gasteiger partial charge on any atom is -0.404 e. The van der Waals surface area contributed by atoms with Crippen molar-refractivity contribution in [3.05, 3.63) is 48.3 Å². The summed E-state index contributed by atoms with van der Waals surface area (Å²) in [4.78, 5) is 45.5. The van der Waals surface area contributed by atoms with E-state index in [4.69, 9.17) is 0 Å². The molecule has 0 radical (unpaired) electrons. The van der Waals surface area contributed by atoms with Crippen LogP contribution in [0.4, 0.5) is 29.3 Å². The van der Waals surface area contributed by atoms with Crippen molar-refractivity contribution in [1.82, 2.24) is 15.2 Å². The molecule has 1 saturated heterocycles. The van der Waals surface area contributed by atoms with Crippen molar-refractivity contribution in [2.75, 3.05) is 16.8 Å². The summed E-state index contributed by atoms with van der Waals surface area (Å²) in [5, 5.41) is 5.44. The molecule has 1 atom stereocenters. The quantitative estimate of drug-likeness (QED) is 0.476. The van der Waals surface area contributed by atoms with Gasteiger partial charge in [-0.1, -0.05) is 20.8 Å². The number of benzene rings is 1. The maximum atomic E-state index is 13.4. The smallest absolute Gasteiger partial charge is 0.404 e. The Kier molecular flexibility index (Phi) is 8.06. The molecule has 1 aromatic carbocycles. The number of imide groups is 1. The number of nitrogens with one attached hydrogen (secondary N) is 2. The number of carbonyl (C=O) groups is 3. The summed E-state index contributed by atoms with van der Waals surface area (Å²) in [5.41, 5.74) is -0.990. The predicted octanol–water partition coefficient (Wildman–Crippen LogP) is 4.69. The second kappa shape index (κ2) is 10.6. The van der Waals surface area contributed by atoms with Crippen LogP contribution in [-0.4, -0.2) is 52.2 Å². The average molecular weight is 536 g/mol. The molecular weight excluding hydrogens is 503 g/mol. The Morgan fingerprint density at radius 3 is 2.32 bits per heavy atom. The van der Waals surface area contributed by atoms with E-state index >= 15 is 0 Å². The molecule has 206 valence electrons. The first kappa shape index (κ1) is 28.9. The molecule has 2 heterocycles. The van der Waals surface area contributed by atoms with Crippen LogP contribution < -0.4 is 20.3 Å². The SMILES string of the molecule is CC(NCC(=O)Nc1cc(N2C(=O)N(Cc3ccncc3)C(C)(C)C2=O)ccc1OC(F)(F)F)C(C)(C)C. The molecule has 0 spiro atoms. The van der Waals surface area contributed by atoms with Gasteiger partial charge in [0.05, 0.1) is 17.9 Å². The second-order valence-electron chi connectivity index (χ2n) is 10.7. The van der Waals surface area contributed by atoms with Gasteiger partial charge in [0, 0.05) is 25.0 Å². The highest BCUT2D eigenvalue weighted by Gasteiger charge is 2.52. The molecule has 4 amide bonds. The number of ether oxygens (including phenoxy) is 1. The molecule has 0 aliphatic carbocycles. The van der Waals surface area contributed by atoms with Crippen LogP contribution in [0.1, 0.15) is 47.1 Å². The van der Waals surface area contributed by atoms with Crippen LogP contribution >= 0.6 is 0 Å². The number of halogens is 3. The van der Waals surface area contributed by atoms with E-state index in [0.29, 0.717) is 0 Å². The third-order valence-corrected chi connectivity index (χ3v) is 6.50. The fraction of sp³-hybridized carbons (Fsp3) is 0.462. The summed E-state index contributed by atoms with van der Waals surface area (Å²) in [5.74, 6) is -1.87. The van der Waals surface area contributed by atoms with Gasteiger partial charge in [-0.15, -0.1) is 13.2 Å². The summed E-state index contributed by atoms with van der Waals surface area (Å²) in [6.45, 7) is 10.9. The molecule has 1 fully saturated rings. The van der Waals surface area contributed by atoms with E-state index in [0.717, 1.165) is 22.6 Å². The van der Waals surface area contributed by atoms with Crippen LogP contribution in [0.25, 0.3) is 0 Å². The first-order valence-corrected chi connectivity index (χ1v) is 12.0. The highest BCUT2D eigenvalue weighted by molar-refractivity contribution is 6.23. The number of carbonyl (C=O) groups excluding carboxylic acids is 3. The molecule has 2 N–H and O–H groups in total. The zero-order chi connectivity index (χ0) is 28.5. The van der Waals surface area contributed by atoms with E-state index in [1.54, 1.807) is 38.4 Å². The van der Waals surface area contributed by atoms with Crippen LogP contribution in [0.15, 0.2) is 42.7 Å². The molecule has 1 unspecified atom stereocenters. The lowest BCUT2D eigenvalue weighted by Crippen LogP contribution is -2.43. The van der Waals surface area contributed by atoms with Crippen LogP contribution in [0.5, 0.6) is 5.75 Å². The van der Waals surface area contributed by atoms with Gasteiger partial charge in [-0.3, -0.25) is 14.6 Å². The normalized spacial score (nSPS) is 16.6. The van der Waals surface area contributed by atoms with Gasteiger partial charge >= 0.3 is 12.4 Å². The standard InChI is InChI=1S/C26H32F3N5O4/c1-16(24(2,3)4)31-14-21(35)32-19-13-18(7-8-20(19)38-26(27,28)29)34-22(36)25(5,6)33(23(34)37)15-17-9-11-30-12-10-17/h7-13,16,31H,14-15H2,1-6H3,(H,32,35). The highest BCUT2D eigenvalue weighted by atomic mass is 19.4. The van der Waals surface area contributed by atoms with Crippen molar-refractivity contribution in [3.63, 3.8) is 0 Å². The Morgan fingerprint density at radius 2 is 1.74 bits per heavy atom. The molecule has 12 heteroatoms. The summed E-state index contributed by atoms with van der Waals surface area (Å²) in [7, 11) is 0. The van der Waals surface area contributed by atoms with Gasteiger partial charge in [-0.05, 0) is 62.1 Å². The number of pyridine rings is 1. The van der Waals surface area contributed by atoms with Crippen molar-refractivity contribution in [3.8, 4) is 5.75 Å². The van der Waals surface area contributed by atoms with E-state index in [1.165, 1.54) is 11.0 Å². The molecule has 2 aromatic rings. The van der Waals surface area contributed by atoms with Gasteiger partial charge in [-0.25, -0.2) is 9.69 Å². The minimum atomic E-state index is -5.03. The maximum absolute atomic E-state index is 13.4. The van der Waals surface area contributed by atoms with E-state index in [-0.39, 0.29) is 35.9 Å². The van der Waals surface area contributed by atoms with Gasteiger partial charge < -0.3 is 20.3 Å². The molecule has 3 rings (SSSR count). The summed E-state index contributed by atoms with van der Waals surface area (Å²) >= 11 is 0. The molecule has 0 saturated carbocycles. The fourth-order valence-electron chi connectivity index (χ4n) is 3.71. The predicted molar refractivity (Wildman–Crippen MR) is 135 cm³/mol. The number of aromatic nitrogens is 1. The maximum Gasteiger partial charge on any atom is 0.573 e. The van der Waals surface area contributed by atoms with Crippen molar-refractivity contribution in [2.45, 2.75) is 66.0 Å². The lowest BCUT2D eigenvalue weighted by Gasteiger charge is -2.28. The fourth-order valence-corrected chi connectivity index (χ4v) is 3.71. The van der Waals surface area contributed by atoms with Crippen molar-refractivity contribution in [2.24, 2.45) is 5.41 Å². The lowest BCUT2D eigenvalue weighted by molar-refractivity contribution is -0.274. The van der Waals surface area contributed by atoms with Crippen LogP contribution in [0, 0.1) is 5.41 Å². The molecule has 9 nitrogen and oxygen atoms in total. The Balaban J connectivity index is 1.90. The average Bonchev–Trinajstić information content (AvgIpc) is 2.97. The molecule has 1 aliphatic heterocycles. The van der Waals surface area contributed by atoms with E-state index in [9.17, 15) is 27.6 Å². The second-order valence-corrected chi connectivity index (χ2v) is 10.7. The van der Waals surface area contributed by atoms with Gasteiger partial charge in [0.15, 0.2) is 5.75 Å². The van der Waals surface area contributed by atoms with Crippen LogP contribution in [0.3, 0.4) is 0 Å². The van der Waals surface area contributed by atoms with Crippen molar-refractivity contribution < 1.29 is 32.3 Å². The summed E-state index contributed by atoms with van der Waals surface area (Å²) in [6.07, 6.45) is -1.90. The Morgan fingerprint density at radius 1 is 1.11 bits per heavy atom. The Labute approximate surface area is 219 Å². The van der Waals surface area contributed by atoms with Crippen molar-refractivity contribution in [1.29, 1.82) is 0 Å². The van der Waals surface area contributed by atoms with Crippen molar-refractivity contribution >= 4 is 29.2 Å². The number of hydrogen-bond acceptors (Lipinski definition) is 6. The zero-order valence-electron chi connectivity index (χ0n) is 22.1. The number of rotatable bonds is 8. The van der Waals surface area contributed by atoms with Gasteiger partial charge in [0.25, 0.3) is 5.91 Å². The largest absolute Gasteiger partial charge is 0.573 e. The molecular formula is C26H32F3N5O4. The van der Waals surface area contributed by atoms with Gasteiger partial charge in [-0.2, -0.15) is 0 Å². The monoisotopic (exact) mass is 535 g/mol. The number of hydrogen-bond donors (Lipinski definition) is 2. The number of anilines is 2. The third kappa shape index (κ3) is 6.60. The Bertz CT molecular complexity index is 1200. The van der Waals surface area contributed by atoms with Gasteiger partial charge in [0.1, 0.15) is 5.54 Å². The van der Waals surface area contributed by atoms with E-state index < -0.39 is 35.5 Å². The molecule has 0 bridgehead atoms. The summed E-state index contributed by atoms with van der Waals surface area (Å²) in [6, 6.07) is 5.94. The molecule has 1 aromatic heterocycles. The molecule has 38 heavy (non-hydrogen) atoms. The zero-order valence-corrected chi connectivity index (χ0v) is 22.1. The first-order chi connectivity index (χ1) is 17.5. The minimum absolute atomic E-state index is 0.00820. The number of alkyl halides is 3. The molecule has 1 aliphatic rings. The van der Waals surface area contributed by atoms with Gasteiger partial charge in [0.2, 0.25) is 5.91 Å². The highest BCUT2D eigenvalue weighted by Crippen LogP contribution is 2.38. The first-order valence-electron chi connectivity index (χ1n) is 12.0. The van der Waals surface area contributed by atoms with Crippen LogP contribution in [-0.2, 0) is 16.1 Å². The Hall–Kier alpha value is -3.67. The number of nitrogens with zero attached hydrogens (tertiary/aromatic N) is 3. The summed E-state index contributed by atoms with van der Waals surface area (Å²) < 4.78 is 43.2. The number of amides is 4. The van der Waals surface area contributed by atoms with E-state index in [1.807, 2.05) is 27.7 Å². The lowest BCUT2D eigenvalue weighted by atomic mass is 9.88. The van der Waals surface area contributed by atoms with Crippen LogP contribution in [0.2, 0.25) is 0 Å².